The smallest absolute Gasteiger partial charge is 0.135 e. The summed E-state index contributed by atoms with van der Waals surface area (Å²) in [6.07, 6.45) is 0. The summed E-state index contributed by atoms with van der Waals surface area (Å²) < 4.78 is 12.7. The van der Waals surface area contributed by atoms with Gasteiger partial charge < -0.3 is 14.1 Å². The Kier molecular flexibility index (Phi) is 6.81. The van der Waals surface area contributed by atoms with E-state index in [0.29, 0.717) is 0 Å². The first-order chi connectivity index (χ1) is 25.3. The highest BCUT2D eigenvalue weighted by molar-refractivity contribution is 6.06. The van der Waals surface area contributed by atoms with Crippen LogP contribution in [0.2, 0.25) is 0 Å². The molecule has 2 heterocycles. The first kappa shape index (κ1) is 29.1. The molecule has 3 heteroatoms. The molecule has 0 saturated heterocycles. The molecule has 0 bridgehead atoms. The molecular formula is C48H31NO2. The maximum absolute atomic E-state index is 6.50. The number of anilines is 3. The van der Waals surface area contributed by atoms with Gasteiger partial charge in [-0.3, -0.25) is 0 Å². The fourth-order valence-corrected chi connectivity index (χ4v) is 7.49. The molecule has 1 aliphatic rings. The molecule has 0 atom stereocenters. The molecule has 10 rings (SSSR count). The van der Waals surface area contributed by atoms with Crippen LogP contribution in [0.5, 0.6) is 11.5 Å². The molecule has 0 N–H and O–H groups in total. The Morgan fingerprint density at radius 1 is 0.333 bits per heavy atom. The van der Waals surface area contributed by atoms with Crippen LogP contribution < -0.4 is 9.64 Å². The summed E-state index contributed by atoms with van der Waals surface area (Å²) in [6.45, 7) is 0. The van der Waals surface area contributed by atoms with Crippen LogP contribution in [0, 0.1) is 0 Å². The van der Waals surface area contributed by atoms with E-state index in [1.165, 1.54) is 16.7 Å². The van der Waals surface area contributed by atoms with Crippen molar-refractivity contribution in [2.75, 3.05) is 4.90 Å². The van der Waals surface area contributed by atoms with Gasteiger partial charge in [0.2, 0.25) is 0 Å². The van der Waals surface area contributed by atoms with Crippen molar-refractivity contribution in [1.82, 2.24) is 0 Å². The van der Waals surface area contributed by atoms with Crippen LogP contribution in [0.15, 0.2) is 192 Å². The minimum atomic E-state index is 0.861. The van der Waals surface area contributed by atoms with Gasteiger partial charge in [0.1, 0.15) is 22.7 Å². The highest BCUT2D eigenvalue weighted by Gasteiger charge is 2.23. The number of ether oxygens (including phenoxy) is 1. The molecule has 9 aromatic rings. The van der Waals surface area contributed by atoms with Gasteiger partial charge in [-0.15, -0.1) is 0 Å². The lowest BCUT2D eigenvalue weighted by atomic mass is 9.87. The van der Waals surface area contributed by atoms with E-state index in [1.54, 1.807) is 0 Å². The van der Waals surface area contributed by atoms with Crippen molar-refractivity contribution in [2.45, 2.75) is 0 Å². The van der Waals surface area contributed by atoms with Gasteiger partial charge in [-0.1, -0.05) is 127 Å². The van der Waals surface area contributed by atoms with Gasteiger partial charge in [-0.25, -0.2) is 0 Å². The number of benzene rings is 8. The van der Waals surface area contributed by atoms with Crippen LogP contribution >= 0.6 is 0 Å². The second kappa shape index (κ2) is 11.9. The van der Waals surface area contributed by atoms with Crippen molar-refractivity contribution in [3.8, 4) is 56.0 Å². The van der Waals surface area contributed by atoms with Crippen LogP contribution in [0.4, 0.5) is 17.1 Å². The Morgan fingerprint density at radius 3 is 1.67 bits per heavy atom. The summed E-state index contributed by atoms with van der Waals surface area (Å²) in [5.41, 5.74) is 14.2. The average Bonchev–Trinajstić information content (AvgIpc) is 3.50. The van der Waals surface area contributed by atoms with Gasteiger partial charge >= 0.3 is 0 Å². The molecule has 240 valence electrons. The summed E-state index contributed by atoms with van der Waals surface area (Å²) in [4.78, 5) is 2.32. The molecule has 1 aromatic heterocycles. The Morgan fingerprint density at radius 2 is 0.882 bits per heavy atom. The number of rotatable bonds is 5. The first-order valence-electron chi connectivity index (χ1n) is 17.3. The first-order valence-corrected chi connectivity index (χ1v) is 17.3. The van der Waals surface area contributed by atoms with Crippen molar-refractivity contribution in [3.05, 3.63) is 188 Å². The van der Waals surface area contributed by atoms with Crippen molar-refractivity contribution in [2.24, 2.45) is 0 Å². The maximum atomic E-state index is 6.50. The molecule has 0 saturated carbocycles. The molecule has 0 aliphatic carbocycles. The van der Waals surface area contributed by atoms with Crippen molar-refractivity contribution < 1.29 is 9.15 Å². The Balaban J connectivity index is 1.11. The van der Waals surface area contributed by atoms with E-state index < -0.39 is 0 Å². The van der Waals surface area contributed by atoms with E-state index in [0.717, 1.165) is 78.3 Å². The van der Waals surface area contributed by atoms with Gasteiger partial charge in [0.15, 0.2) is 0 Å². The second-order valence-electron chi connectivity index (χ2n) is 12.9. The van der Waals surface area contributed by atoms with E-state index >= 15 is 0 Å². The van der Waals surface area contributed by atoms with Gasteiger partial charge in [0.25, 0.3) is 0 Å². The molecule has 51 heavy (non-hydrogen) atoms. The summed E-state index contributed by atoms with van der Waals surface area (Å²) in [7, 11) is 0. The molecule has 0 spiro atoms. The number of nitrogens with zero attached hydrogens (tertiary/aromatic N) is 1. The topological polar surface area (TPSA) is 25.6 Å². The van der Waals surface area contributed by atoms with Crippen molar-refractivity contribution in [1.29, 1.82) is 0 Å². The Bertz CT molecular complexity index is 2710. The lowest BCUT2D eigenvalue weighted by Gasteiger charge is -2.26. The van der Waals surface area contributed by atoms with Crippen LogP contribution in [0.25, 0.3) is 66.4 Å². The number of hydrogen-bond donors (Lipinski definition) is 0. The zero-order valence-electron chi connectivity index (χ0n) is 27.7. The highest BCUT2D eigenvalue weighted by atomic mass is 16.5. The van der Waals surface area contributed by atoms with Crippen molar-refractivity contribution in [3.63, 3.8) is 0 Å². The van der Waals surface area contributed by atoms with Crippen molar-refractivity contribution >= 4 is 39.0 Å². The van der Waals surface area contributed by atoms with E-state index in [2.05, 4.69) is 163 Å². The van der Waals surface area contributed by atoms with E-state index in [-0.39, 0.29) is 0 Å². The predicted molar refractivity (Wildman–Crippen MR) is 210 cm³/mol. The normalized spacial score (nSPS) is 11.7. The summed E-state index contributed by atoms with van der Waals surface area (Å²) >= 11 is 0. The van der Waals surface area contributed by atoms with Crippen LogP contribution in [0.3, 0.4) is 0 Å². The van der Waals surface area contributed by atoms with Gasteiger partial charge in [0.05, 0.1) is 0 Å². The molecule has 0 fully saturated rings. The van der Waals surface area contributed by atoms with E-state index in [4.69, 9.17) is 9.15 Å². The van der Waals surface area contributed by atoms with Gasteiger partial charge in [-0.2, -0.15) is 0 Å². The largest absolute Gasteiger partial charge is 0.456 e. The van der Waals surface area contributed by atoms with Gasteiger partial charge in [-0.05, 0) is 88.5 Å². The number of para-hydroxylation sites is 3. The molecule has 1 aliphatic heterocycles. The fourth-order valence-electron chi connectivity index (χ4n) is 7.49. The second-order valence-corrected chi connectivity index (χ2v) is 12.9. The summed E-state index contributed by atoms with van der Waals surface area (Å²) in [5.74, 6) is 1.73. The van der Waals surface area contributed by atoms with Gasteiger partial charge in [0, 0.05) is 44.5 Å². The molecule has 0 unspecified atom stereocenters. The number of hydrogen-bond acceptors (Lipinski definition) is 3. The third kappa shape index (κ3) is 4.98. The predicted octanol–water partition coefficient (Wildman–Crippen LogP) is 13.8. The average molecular weight is 654 g/mol. The minimum Gasteiger partial charge on any atom is -0.456 e. The lowest BCUT2D eigenvalue weighted by Crippen LogP contribution is -2.09. The zero-order valence-corrected chi connectivity index (χ0v) is 27.7. The molecule has 0 amide bonds. The van der Waals surface area contributed by atoms with E-state index in [9.17, 15) is 0 Å². The van der Waals surface area contributed by atoms with Crippen LogP contribution in [0.1, 0.15) is 0 Å². The quantitative estimate of drug-likeness (QED) is 0.185. The summed E-state index contributed by atoms with van der Waals surface area (Å²) in [5, 5.41) is 2.21. The Hall–Kier alpha value is -6.84. The lowest BCUT2D eigenvalue weighted by molar-refractivity contribution is 0.488. The zero-order chi connectivity index (χ0) is 33.7. The Labute approximate surface area is 296 Å². The minimum absolute atomic E-state index is 0.861. The molecule has 8 aromatic carbocycles. The third-order valence-electron chi connectivity index (χ3n) is 9.91. The van der Waals surface area contributed by atoms with E-state index in [1.807, 2.05) is 30.3 Å². The monoisotopic (exact) mass is 653 g/mol. The third-order valence-corrected chi connectivity index (χ3v) is 9.91. The fraction of sp³-hybridized carbons (Fsp3) is 0. The highest BCUT2D eigenvalue weighted by Crippen LogP contribution is 2.50. The molecule has 0 radical (unpaired) electrons. The standard InChI is InChI=1S/C48H31NO2/c1-2-11-32(12-3-1)33-21-25-35(26-22-33)49(37-29-30-47-43(31-37)40-14-5-8-19-45(40)51-47)36-27-23-34(24-28-36)38-16-10-17-41-39-13-4-7-18-44(39)50-46-20-9-6-15-42(46)48(38)41/h1-31H. The summed E-state index contributed by atoms with van der Waals surface area (Å²) in [6, 6.07) is 66.2. The maximum Gasteiger partial charge on any atom is 0.135 e. The van der Waals surface area contributed by atoms with Crippen LogP contribution in [-0.4, -0.2) is 0 Å². The molecular weight excluding hydrogens is 623 g/mol. The number of furan rings is 1. The molecule has 3 nitrogen and oxygen atoms in total. The number of fused-ring (bicyclic) bond motifs is 8. The SMILES string of the molecule is c1ccc(-c2ccc(N(c3ccc(-c4cccc5c4-c4ccccc4Oc4ccccc4-5)cc3)c3ccc4oc5ccccc5c4c3)cc2)cc1. The van der Waals surface area contributed by atoms with Crippen LogP contribution in [-0.2, 0) is 0 Å².